The van der Waals surface area contributed by atoms with Gasteiger partial charge in [0.25, 0.3) is 0 Å². The molecule has 1 aliphatic rings. The Hall–Kier alpha value is -0.570. The number of rotatable bonds is 1. The van der Waals surface area contributed by atoms with Crippen molar-refractivity contribution >= 4 is 5.97 Å². The molecule has 0 aromatic rings. The van der Waals surface area contributed by atoms with E-state index in [4.69, 9.17) is 5.11 Å². The SMILES string of the molecule is C[C@@H]1C[C@@H](C(=O)O)N[C@@H]1C. The van der Waals surface area contributed by atoms with Gasteiger partial charge >= 0.3 is 5.97 Å². The van der Waals surface area contributed by atoms with Crippen LogP contribution in [0.25, 0.3) is 0 Å². The van der Waals surface area contributed by atoms with Gasteiger partial charge < -0.3 is 10.4 Å². The van der Waals surface area contributed by atoms with Crippen molar-refractivity contribution in [1.82, 2.24) is 5.32 Å². The zero-order valence-electron chi connectivity index (χ0n) is 6.29. The number of nitrogens with one attached hydrogen (secondary N) is 1. The zero-order chi connectivity index (χ0) is 7.72. The fraction of sp³-hybridized carbons (Fsp3) is 0.857. The van der Waals surface area contributed by atoms with Crippen molar-refractivity contribution < 1.29 is 9.90 Å². The molecule has 0 unspecified atom stereocenters. The average Bonchev–Trinajstić information content (AvgIpc) is 2.13. The lowest BCUT2D eigenvalue weighted by molar-refractivity contribution is -0.139. The van der Waals surface area contributed by atoms with Crippen molar-refractivity contribution in [1.29, 1.82) is 0 Å². The number of carboxylic acid groups (broad SMARTS) is 1. The second-order valence-corrected chi connectivity index (χ2v) is 3.06. The highest BCUT2D eigenvalue weighted by molar-refractivity contribution is 5.73. The van der Waals surface area contributed by atoms with Crippen molar-refractivity contribution in [3.63, 3.8) is 0 Å². The average molecular weight is 143 g/mol. The van der Waals surface area contributed by atoms with E-state index in [1.54, 1.807) is 0 Å². The van der Waals surface area contributed by atoms with Crippen LogP contribution in [0.1, 0.15) is 20.3 Å². The largest absolute Gasteiger partial charge is 0.480 e. The van der Waals surface area contributed by atoms with Gasteiger partial charge in [0.15, 0.2) is 0 Å². The second-order valence-electron chi connectivity index (χ2n) is 3.06. The fourth-order valence-corrected chi connectivity index (χ4v) is 1.30. The van der Waals surface area contributed by atoms with Gasteiger partial charge in [0.1, 0.15) is 6.04 Å². The molecule has 0 amide bonds. The summed E-state index contributed by atoms with van der Waals surface area (Å²) in [7, 11) is 0. The molecule has 0 bridgehead atoms. The third kappa shape index (κ3) is 1.29. The molecule has 0 aromatic heterocycles. The molecular formula is C7H13NO2. The quantitative estimate of drug-likeness (QED) is 0.560. The minimum Gasteiger partial charge on any atom is -0.480 e. The van der Waals surface area contributed by atoms with Gasteiger partial charge in [0.2, 0.25) is 0 Å². The summed E-state index contributed by atoms with van der Waals surface area (Å²) in [5.41, 5.74) is 0. The highest BCUT2D eigenvalue weighted by Crippen LogP contribution is 2.18. The summed E-state index contributed by atoms with van der Waals surface area (Å²) >= 11 is 0. The Morgan fingerprint density at radius 3 is 2.40 bits per heavy atom. The van der Waals surface area contributed by atoms with Crippen LogP contribution in [0, 0.1) is 5.92 Å². The Balaban J connectivity index is 2.49. The maximum Gasteiger partial charge on any atom is 0.320 e. The van der Waals surface area contributed by atoms with Crippen LogP contribution >= 0.6 is 0 Å². The highest BCUT2D eigenvalue weighted by Gasteiger charge is 2.31. The van der Waals surface area contributed by atoms with Crippen LogP contribution in [0.3, 0.4) is 0 Å². The zero-order valence-corrected chi connectivity index (χ0v) is 6.29. The Morgan fingerprint density at radius 1 is 1.60 bits per heavy atom. The predicted molar refractivity (Wildman–Crippen MR) is 37.8 cm³/mol. The Bertz CT molecular complexity index is 137. The van der Waals surface area contributed by atoms with Crippen LogP contribution in [-0.4, -0.2) is 23.2 Å². The molecule has 3 atom stereocenters. The molecule has 3 heteroatoms. The lowest BCUT2D eigenvalue weighted by atomic mass is 10.0. The van der Waals surface area contributed by atoms with E-state index in [1.807, 2.05) is 6.92 Å². The normalized spacial score (nSPS) is 40.0. The highest BCUT2D eigenvalue weighted by atomic mass is 16.4. The van der Waals surface area contributed by atoms with E-state index in [9.17, 15) is 4.79 Å². The molecule has 58 valence electrons. The number of aliphatic carboxylic acids is 1. The van der Waals surface area contributed by atoms with Gasteiger partial charge in [-0.3, -0.25) is 4.79 Å². The van der Waals surface area contributed by atoms with E-state index in [1.165, 1.54) is 0 Å². The third-order valence-electron chi connectivity index (χ3n) is 2.22. The monoisotopic (exact) mass is 143 g/mol. The number of carbonyl (C=O) groups is 1. The Morgan fingerprint density at radius 2 is 2.20 bits per heavy atom. The summed E-state index contributed by atoms with van der Waals surface area (Å²) in [6.45, 7) is 4.09. The van der Waals surface area contributed by atoms with Crippen molar-refractivity contribution in [2.45, 2.75) is 32.4 Å². The molecule has 1 fully saturated rings. The lowest BCUT2D eigenvalue weighted by Gasteiger charge is -2.06. The van der Waals surface area contributed by atoms with Crippen molar-refractivity contribution in [2.75, 3.05) is 0 Å². The van der Waals surface area contributed by atoms with E-state index in [2.05, 4.69) is 12.2 Å². The molecule has 2 N–H and O–H groups in total. The van der Waals surface area contributed by atoms with Gasteiger partial charge in [-0.15, -0.1) is 0 Å². The van der Waals surface area contributed by atoms with E-state index in [0.717, 1.165) is 6.42 Å². The predicted octanol–water partition coefficient (Wildman–Crippen LogP) is 0.457. The first-order chi connectivity index (χ1) is 4.61. The molecule has 1 rings (SSSR count). The van der Waals surface area contributed by atoms with Crippen LogP contribution in [0.15, 0.2) is 0 Å². The number of hydrogen-bond donors (Lipinski definition) is 2. The molecule has 1 heterocycles. The molecule has 0 saturated carbocycles. The summed E-state index contributed by atoms with van der Waals surface area (Å²) in [5, 5.41) is 11.6. The topological polar surface area (TPSA) is 49.3 Å². The van der Waals surface area contributed by atoms with E-state index >= 15 is 0 Å². The number of carboxylic acids is 1. The van der Waals surface area contributed by atoms with Crippen LogP contribution in [-0.2, 0) is 4.79 Å². The molecule has 0 aliphatic carbocycles. The molecule has 1 saturated heterocycles. The van der Waals surface area contributed by atoms with Gasteiger partial charge in [-0.25, -0.2) is 0 Å². The van der Waals surface area contributed by atoms with Gasteiger partial charge in [-0.2, -0.15) is 0 Å². The molecule has 3 nitrogen and oxygen atoms in total. The van der Waals surface area contributed by atoms with Crippen LogP contribution < -0.4 is 5.32 Å². The Labute approximate surface area is 60.4 Å². The summed E-state index contributed by atoms with van der Waals surface area (Å²) in [6.07, 6.45) is 0.760. The first-order valence-corrected chi connectivity index (χ1v) is 3.60. The van der Waals surface area contributed by atoms with Gasteiger partial charge in [-0.05, 0) is 19.3 Å². The van der Waals surface area contributed by atoms with Crippen molar-refractivity contribution in [3.05, 3.63) is 0 Å². The van der Waals surface area contributed by atoms with Crippen LogP contribution in [0.2, 0.25) is 0 Å². The third-order valence-corrected chi connectivity index (χ3v) is 2.22. The van der Waals surface area contributed by atoms with E-state index < -0.39 is 5.97 Å². The van der Waals surface area contributed by atoms with Crippen molar-refractivity contribution in [3.8, 4) is 0 Å². The van der Waals surface area contributed by atoms with Gasteiger partial charge in [0, 0.05) is 6.04 Å². The first-order valence-electron chi connectivity index (χ1n) is 3.60. The molecule has 1 aliphatic heterocycles. The second kappa shape index (κ2) is 2.58. The lowest BCUT2D eigenvalue weighted by Crippen LogP contribution is -2.34. The fourth-order valence-electron chi connectivity index (χ4n) is 1.30. The van der Waals surface area contributed by atoms with Crippen LogP contribution in [0.5, 0.6) is 0 Å². The molecule has 0 spiro atoms. The minimum absolute atomic E-state index is 0.315. The maximum atomic E-state index is 10.4. The van der Waals surface area contributed by atoms with E-state index in [0.29, 0.717) is 12.0 Å². The summed E-state index contributed by atoms with van der Waals surface area (Å²) in [4.78, 5) is 10.4. The first kappa shape index (κ1) is 7.54. The smallest absolute Gasteiger partial charge is 0.320 e. The standard InChI is InChI=1S/C7H13NO2/c1-4-3-6(7(9)10)8-5(4)2/h4-6,8H,3H2,1-2H3,(H,9,10)/t4-,5-,6+/m1/s1. The summed E-state index contributed by atoms with van der Waals surface area (Å²) in [6, 6.07) is 0.0334. The maximum absolute atomic E-state index is 10.4. The number of hydrogen-bond acceptors (Lipinski definition) is 2. The molecule has 0 radical (unpaired) electrons. The van der Waals surface area contributed by atoms with Gasteiger partial charge in [0.05, 0.1) is 0 Å². The van der Waals surface area contributed by atoms with E-state index in [-0.39, 0.29) is 6.04 Å². The molecule has 10 heavy (non-hydrogen) atoms. The van der Waals surface area contributed by atoms with Gasteiger partial charge in [-0.1, -0.05) is 6.92 Å². The minimum atomic E-state index is -0.726. The molecular weight excluding hydrogens is 130 g/mol. The Kier molecular flexibility index (Phi) is 1.94. The molecule has 0 aromatic carbocycles. The van der Waals surface area contributed by atoms with Crippen molar-refractivity contribution in [2.24, 2.45) is 5.92 Å². The summed E-state index contributed by atoms with van der Waals surface area (Å²) < 4.78 is 0. The van der Waals surface area contributed by atoms with Crippen LogP contribution in [0.4, 0.5) is 0 Å². The summed E-state index contributed by atoms with van der Waals surface area (Å²) in [5.74, 6) is -0.239.